The zero-order chi connectivity index (χ0) is 18.8. The van der Waals surface area contributed by atoms with Gasteiger partial charge in [0.05, 0.1) is 11.6 Å². The van der Waals surface area contributed by atoms with E-state index >= 15 is 0 Å². The maximum atomic E-state index is 11.8. The Morgan fingerprint density at radius 2 is 1.85 bits per heavy atom. The van der Waals surface area contributed by atoms with Crippen molar-refractivity contribution in [3.05, 3.63) is 77.4 Å². The maximum Gasteiger partial charge on any atom is 0.331 e. The number of ether oxygens (including phenoxy) is 1. The largest absolute Gasteiger partial charge is 0.452 e. The van der Waals surface area contributed by atoms with Crippen molar-refractivity contribution >= 4 is 18.0 Å². The number of hydrogen-bond acceptors (Lipinski definition) is 4. The second-order valence-corrected chi connectivity index (χ2v) is 5.79. The highest BCUT2D eigenvalue weighted by molar-refractivity contribution is 5.89. The fraction of sp³-hybridized carbons (Fsp3) is 0.190. The molecule has 0 fully saturated rings. The Hall–Kier alpha value is -3.39. The molecule has 132 valence electrons. The summed E-state index contributed by atoms with van der Waals surface area (Å²) in [6.07, 6.45) is 2.82. The van der Waals surface area contributed by atoms with Crippen LogP contribution in [-0.2, 0) is 14.3 Å². The van der Waals surface area contributed by atoms with E-state index < -0.39 is 5.97 Å². The molecule has 1 amide bonds. The molecule has 0 radical (unpaired) electrons. The number of nitrogens with zero attached hydrogens (tertiary/aromatic N) is 1. The third-order valence-electron chi connectivity index (χ3n) is 3.77. The fourth-order valence-electron chi connectivity index (χ4n) is 2.24. The molecule has 1 atom stereocenters. The summed E-state index contributed by atoms with van der Waals surface area (Å²) >= 11 is 0. The molecule has 0 aliphatic carbocycles. The maximum absolute atomic E-state index is 11.8. The van der Waals surface area contributed by atoms with Gasteiger partial charge in [-0.15, -0.1) is 0 Å². The van der Waals surface area contributed by atoms with Gasteiger partial charge in [-0.3, -0.25) is 4.79 Å². The Kier molecular flexibility index (Phi) is 7.14. The molecule has 0 bridgehead atoms. The smallest absolute Gasteiger partial charge is 0.331 e. The van der Waals surface area contributed by atoms with Crippen molar-refractivity contribution in [1.29, 1.82) is 5.26 Å². The minimum atomic E-state index is -0.597. The van der Waals surface area contributed by atoms with E-state index in [1.54, 1.807) is 30.3 Å². The lowest BCUT2D eigenvalue weighted by Gasteiger charge is -2.12. The van der Waals surface area contributed by atoms with Crippen molar-refractivity contribution in [3.63, 3.8) is 0 Å². The van der Waals surface area contributed by atoms with Gasteiger partial charge in [-0.25, -0.2) is 4.79 Å². The molecule has 1 N–H and O–H groups in total. The van der Waals surface area contributed by atoms with Crippen LogP contribution >= 0.6 is 0 Å². The molecule has 0 saturated heterocycles. The molecule has 2 aromatic carbocycles. The van der Waals surface area contributed by atoms with Gasteiger partial charge in [-0.05, 0) is 35.3 Å². The van der Waals surface area contributed by atoms with E-state index in [2.05, 4.69) is 5.32 Å². The predicted molar refractivity (Wildman–Crippen MR) is 99.0 cm³/mol. The molecule has 5 nitrogen and oxygen atoms in total. The van der Waals surface area contributed by atoms with E-state index in [9.17, 15) is 9.59 Å². The van der Waals surface area contributed by atoms with Crippen molar-refractivity contribution in [2.75, 3.05) is 13.2 Å². The summed E-state index contributed by atoms with van der Waals surface area (Å²) in [6.45, 7) is 2.17. The van der Waals surface area contributed by atoms with Gasteiger partial charge in [-0.2, -0.15) is 5.26 Å². The highest BCUT2D eigenvalue weighted by atomic mass is 16.5. The van der Waals surface area contributed by atoms with Gasteiger partial charge in [0.25, 0.3) is 5.91 Å². The van der Waals surface area contributed by atoms with Gasteiger partial charge in [0.2, 0.25) is 0 Å². The van der Waals surface area contributed by atoms with Crippen LogP contribution in [0, 0.1) is 11.3 Å². The molecule has 0 aliphatic rings. The van der Waals surface area contributed by atoms with E-state index in [0.717, 1.165) is 11.1 Å². The Balaban J connectivity index is 1.71. The summed E-state index contributed by atoms with van der Waals surface area (Å²) < 4.78 is 4.92. The van der Waals surface area contributed by atoms with Crippen LogP contribution in [0.3, 0.4) is 0 Å². The minimum Gasteiger partial charge on any atom is -0.452 e. The molecular formula is C21H20N2O3. The van der Waals surface area contributed by atoms with Crippen LogP contribution in [0.25, 0.3) is 6.08 Å². The highest BCUT2D eigenvalue weighted by Gasteiger charge is 2.09. The topological polar surface area (TPSA) is 79.2 Å². The zero-order valence-electron chi connectivity index (χ0n) is 14.5. The average molecular weight is 348 g/mol. The standard InChI is InChI=1S/C21H20N2O3/c1-16(19-5-3-2-4-6-19)14-23-20(24)15-26-21(25)12-11-17-7-9-18(13-22)10-8-17/h2-12,16H,14-15H2,1H3,(H,23,24)/b12-11+/t16-/m1/s1. The molecule has 2 rings (SSSR count). The number of esters is 1. The monoisotopic (exact) mass is 348 g/mol. The van der Waals surface area contributed by atoms with Crippen LogP contribution in [0.5, 0.6) is 0 Å². The average Bonchev–Trinajstić information content (AvgIpc) is 2.69. The third-order valence-corrected chi connectivity index (χ3v) is 3.77. The summed E-state index contributed by atoms with van der Waals surface area (Å²) in [5.74, 6) is -0.763. The molecule has 0 unspecified atom stereocenters. The lowest BCUT2D eigenvalue weighted by molar-refractivity contribution is -0.143. The molecule has 5 heteroatoms. The molecule has 0 aliphatic heterocycles. The van der Waals surface area contributed by atoms with Gasteiger partial charge in [-0.1, -0.05) is 49.4 Å². The van der Waals surface area contributed by atoms with Crippen LogP contribution in [0.15, 0.2) is 60.7 Å². The first-order valence-corrected chi connectivity index (χ1v) is 8.25. The summed E-state index contributed by atoms with van der Waals surface area (Å²) in [7, 11) is 0. The van der Waals surface area contributed by atoms with Gasteiger partial charge in [0.1, 0.15) is 0 Å². The summed E-state index contributed by atoms with van der Waals surface area (Å²) in [5, 5.41) is 11.5. The van der Waals surface area contributed by atoms with Gasteiger partial charge < -0.3 is 10.1 Å². The van der Waals surface area contributed by atoms with Crippen molar-refractivity contribution in [2.45, 2.75) is 12.8 Å². The second kappa shape index (κ2) is 9.80. The lowest BCUT2D eigenvalue weighted by Crippen LogP contribution is -2.31. The van der Waals surface area contributed by atoms with E-state index in [1.165, 1.54) is 6.08 Å². The quantitative estimate of drug-likeness (QED) is 0.616. The van der Waals surface area contributed by atoms with Crippen LogP contribution < -0.4 is 5.32 Å². The molecule has 0 heterocycles. The zero-order valence-corrected chi connectivity index (χ0v) is 14.5. The van der Waals surface area contributed by atoms with Gasteiger partial charge in [0.15, 0.2) is 6.61 Å². The molecule has 26 heavy (non-hydrogen) atoms. The summed E-state index contributed by atoms with van der Waals surface area (Å²) in [4.78, 5) is 23.4. The Morgan fingerprint density at radius 3 is 2.50 bits per heavy atom. The molecule has 0 saturated carbocycles. The van der Waals surface area contributed by atoms with Crippen LogP contribution in [-0.4, -0.2) is 25.0 Å². The number of carbonyl (C=O) groups is 2. The Bertz CT molecular complexity index is 805. The van der Waals surface area contributed by atoms with Crippen LogP contribution in [0.1, 0.15) is 29.5 Å². The fourth-order valence-corrected chi connectivity index (χ4v) is 2.24. The van der Waals surface area contributed by atoms with Crippen LogP contribution in [0.4, 0.5) is 0 Å². The van der Waals surface area contributed by atoms with Crippen molar-refractivity contribution in [2.24, 2.45) is 0 Å². The van der Waals surface area contributed by atoms with Crippen LogP contribution in [0.2, 0.25) is 0 Å². The summed E-state index contributed by atoms with van der Waals surface area (Å²) in [5.41, 5.74) is 2.45. The number of carbonyl (C=O) groups excluding carboxylic acids is 2. The lowest BCUT2D eigenvalue weighted by atomic mass is 10.0. The van der Waals surface area contributed by atoms with Crippen molar-refractivity contribution in [3.8, 4) is 6.07 Å². The van der Waals surface area contributed by atoms with Gasteiger partial charge >= 0.3 is 5.97 Å². The van der Waals surface area contributed by atoms with Crippen molar-refractivity contribution in [1.82, 2.24) is 5.32 Å². The number of benzene rings is 2. The first kappa shape index (κ1) is 18.9. The Morgan fingerprint density at radius 1 is 1.15 bits per heavy atom. The highest BCUT2D eigenvalue weighted by Crippen LogP contribution is 2.12. The number of nitriles is 1. The van der Waals surface area contributed by atoms with E-state index in [1.807, 2.05) is 43.3 Å². The molecular weight excluding hydrogens is 328 g/mol. The van der Waals surface area contributed by atoms with Crippen molar-refractivity contribution < 1.29 is 14.3 Å². The molecule has 0 spiro atoms. The second-order valence-electron chi connectivity index (χ2n) is 5.79. The first-order valence-electron chi connectivity index (χ1n) is 8.25. The first-order chi connectivity index (χ1) is 12.6. The van der Waals surface area contributed by atoms with E-state index in [0.29, 0.717) is 12.1 Å². The summed E-state index contributed by atoms with van der Waals surface area (Å²) in [6, 6.07) is 18.6. The number of hydrogen-bond donors (Lipinski definition) is 1. The number of amides is 1. The number of rotatable bonds is 7. The third kappa shape index (κ3) is 6.25. The Labute approximate surface area is 152 Å². The van der Waals surface area contributed by atoms with E-state index in [4.69, 9.17) is 10.00 Å². The SMILES string of the molecule is C[C@H](CNC(=O)COC(=O)/C=C/c1ccc(C#N)cc1)c1ccccc1. The molecule has 0 aromatic heterocycles. The molecule has 2 aromatic rings. The van der Waals surface area contributed by atoms with Gasteiger partial charge in [0, 0.05) is 12.6 Å². The predicted octanol–water partition coefficient (Wildman–Crippen LogP) is 3.03. The number of nitrogens with one attached hydrogen (secondary N) is 1. The normalized spacial score (nSPS) is 11.5. The minimum absolute atomic E-state index is 0.173. The van der Waals surface area contributed by atoms with E-state index in [-0.39, 0.29) is 18.4 Å².